The highest BCUT2D eigenvalue weighted by Gasteiger charge is 2.00. The molecular formula is C12H26Cl2N4. The molecule has 1 N–H and O–H groups in total. The summed E-state index contributed by atoms with van der Waals surface area (Å²) in [6.07, 6.45) is 4.08. The molecule has 1 heterocycles. The number of hydrogen-bond donors (Lipinski definition) is 1. The second kappa shape index (κ2) is 10.6. The van der Waals surface area contributed by atoms with Crippen LogP contribution in [0.3, 0.4) is 0 Å². The molecule has 0 aromatic carbocycles. The quantitative estimate of drug-likeness (QED) is 0.782. The van der Waals surface area contributed by atoms with E-state index in [9.17, 15) is 0 Å². The third kappa shape index (κ3) is 8.75. The van der Waals surface area contributed by atoms with Gasteiger partial charge in [-0.05, 0) is 20.0 Å². The summed E-state index contributed by atoms with van der Waals surface area (Å²) in [5.74, 6) is 0.648. The van der Waals surface area contributed by atoms with Gasteiger partial charge >= 0.3 is 0 Å². The zero-order chi connectivity index (χ0) is 12.0. The number of likely N-dealkylation sites (N-methyl/N-ethyl adjacent to an activating group) is 1. The maximum absolute atomic E-state index is 4.34. The number of aromatic nitrogens is 2. The van der Waals surface area contributed by atoms with E-state index in [0.29, 0.717) is 5.92 Å². The summed E-state index contributed by atoms with van der Waals surface area (Å²) in [4.78, 5) is 2.18. The van der Waals surface area contributed by atoms with Gasteiger partial charge in [0.05, 0.1) is 6.20 Å². The Balaban J connectivity index is 0. The van der Waals surface area contributed by atoms with Crippen LogP contribution in [0.25, 0.3) is 0 Å². The Morgan fingerprint density at radius 2 is 2.00 bits per heavy atom. The fraction of sp³-hybridized carbons (Fsp3) is 0.750. The number of hydrogen-bond acceptors (Lipinski definition) is 3. The minimum absolute atomic E-state index is 0. The number of nitrogens with one attached hydrogen (secondary N) is 1. The molecule has 108 valence electrons. The molecule has 0 aliphatic carbocycles. The van der Waals surface area contributed by atoms with Gasteiger partial charge in [0.25, 0.3) is 0 Å². The summed E-state index contributed by atoms with van der Waals surface area (Å²) in [6, 6.07) is 0. The van der Waals surface area contributed by atoms with Gasteiger partial charge in [-0.25, -0.2) is 0 Å². The van der Waals surface area contributed by atoms with Crippen LogP contribution in [0, 0.1) is 5.92 Å². The van der Waals surface area contributed by atoms with Crippen LogP contribution in [0.1, 0.15) is 19.4 Å². The first-order valence-electron chi connectivity index (χ1n) is 5.94. The first kappa shape index (κ1) is 20.0. The van der Waals surface area contributed by atoms with Crippen molar-refractivity contribution >= 4 is 24.8 Å². The molecule has 0 aliphatic rings. The average Bonchev–Trinajstić information content (AvgIpc) is 2.59. The van der Waals surface area contributed by atoms with Gasteiger partial charge in [0.2, 0.25) is 0 Å². The van der Waals surface area contributed by atoms with E-state index in [2.05, 4.69) is 49.5 Å². The molecule has 0 saturated carbocycles. The molecule has 1 aromatic rings. The Hall–Kier alpha value is -0.290. The van der Waals surface area contributed by atoms with Crippen LogP contribution in [-0.2, 0) is 13.1 Å². The van der Waals surface area contributed by atoms with E-state index in [1.165, 1.54) is 5.56 Å². The van der Waals surface area contributed by atoms with Crippen molar-refractivity contribution in [3.8, 4) is 0 Å². The summed E-state index contributed by atoms with van der Waals surface area (Å²) in [5.41, 5.74) is 1.26. The van der Waals surface area contributed by atoms with Crippen molar-refractivity contribution in [1.29, 1.82) is 0 Å². The summed E-state index contributed by atoms with van der Waals surface area (Å²) in [6.45, 7) is 8.40. The molecule has 0 spiro atoms. The lowest BCUT2D eigenvalue weighted by atomic mass is 10.2. The van der Waals surface area contributed by atoms with Gasteiger partial charge in [-0.15, -0.1) is 24.8 Å². The number of rotatable bonds is 7. The molecule has 0 unspecified atom stereocenters. The second-order valence-electron chi connectivity index (χ2n) is 4.94. The minimum atomic E-state index is 0. The fourth-order valence-corrected chi connectivity index (χ4v) is 1.51. The standard InChI is InChI=1S/C12H24N4.2ClH/c1-11(2)9-16-10-12(8-14-16)7-13-5-6-15(3)4;;/h8,10-11,13H,5-7,9H2,1-4H3;2*1H. The predicted molar refractivity (Wildman–Crippen MR) is 81.8 cm³/mol. The number of halogens is 2. The summed E-state index contributed by atoms with van der Waals surface area (Å²) in [5, 5.41) is 7.74. The van der Waals surface area contributed by atoms with Crippen LogP contribution < -0.4 is 5.32 Å². The third-order valence-electron chi connectivity index (χ3n) is 2.30. The normalized spacial score (nSPS) is 10.3. The lowest BCUT2D eigenvalue weighted by Crippen LogP contribution is -2.26. The van der Waals surface area contributed by atoms with Crippen LogP contribution >= 0.6 is 24.8 Å². The molecule has 0 fully saturated rings. The zero-order valence-electron chi connectivity index (χ0n) is 11.7. The van der Waals surface area contributed by atoms with Crippen molar-refractivity contribution in [3.05, 3.63) is 18.0 Å². The highest BCUT2D eigenvalue weighted by atomic mass is 35.5. The zero-order valence-corrected chi connectivity index (χ0v) is 13.4. The Morgan fingerprint density at radius 1 is 1.33 bits per heavy atom. The van der Waals surface area contributed by atoms with E-state index in [1.807, 2.05) is 10.9 Å². The van der Waals surface area contributed by atoms with E-state index >= 15 is 0 Å². The maximum Gasteiger partial charge on any atom is 0.0534 e. The largest absolute Gasteiger partial charge is 0.311 e. The SMILES string of the molecule is CC(C)Cn1cc(CNCCN(C)C)cn1.Cl.Cl. The minimum Gasteiger partial charge on any atom is -0.311 e. The molecule has 0 radical (unpaired) electrons. The molecule has 4 nitrogen and oxygen atoms in total. The van der Waals surface area contributed by atoms with Crippen molar-refractivity contribution < 1.29 is 0 Å². The molecule has 1 rings (SSSR count). The van der Waals surface area contributed by atoms with Crippen LogP contribution in [-0.4, -0.2) is 41.9 Å². The molecule has 0 bridgehead atoms. The second-order valence-corrected chi connectivity index (χ2v) is 4.94. The van der Waals surface area contributed by atoms with Crippen LogP contribution in [0.5, 0.6) is 0 Å². The van der Waals surface area contributed by atoms with E-state index < -0.39 is 0 Å². The summed E-state index contributed by atoms with van der Waals surface area (Å²) < 4.78 is 2.02. The summed E-state index contributed by atoms with van der Waals surface area (Å²) >= 11 is 0. The Bertz CT molecular complexity index is 300. The Morgan fingerprint density at radius 3 is 2.56 bits per heavy atom. The van der Waals surface area contributed by atoms with Crippen molar-refractivity contribution in [3.63, 3.8) is 0 Å². The van der Waals surface area contributed by atoms with Crippen molar-refractivity contribution in [1.82, 2.24) is 20.0 Å². The van der Waals surface area contributed by atoms with E-state index in [-0.39, 0.29) is 24.8 Å². The first-order valence-corrected chi connectivity index (χ1v) is 5.94. The van der Waals surface area contributed by atoms with Gasteiger partial charge in [-0.3, -0.25) is 4.68 Å². The Labute approximate surface area is 123 Å². The number of nitrogens with zero attached hydrogens (tertiary/aromatic N) is 3. The molecule has 18 heavy (non-hydrogen) atoms. The monoisotopic (exact) mass is 296 g/mol. The van der Waals surface area contributed by atoms with Crippen molar-refractivity contribution in [2.24, 2.45) is 5.92 Å². The third-order valence-corrected chi connectivity index (χ3v) is 2.30. The molecule has 6 heteroatoms. The lowest BCUT2D eigenvalue weighted by molar-refractivity contribution is 0.400. The molecule has 0 aliphatic heterocycles. The van der Waals surface area contributed by atoms with E-state index in [0.717, 1.165) is 26.2 Å². The molecule has 0 atom stereocenters. The highest BCUT2D eigenvalue weighted by Crippen LogP contribution is 2.01. The van der Waals surface area contributed by atoms with Crippen LogP contribution in [0.2, 0.25) is 0 Å². The van der Waals surface area contributed by atoms with E-state index in [4.69, 9.17) is 0 Å². The van der Waals surface area contributed by atoms with Gasteiger partial charge < -0.3 is 10.2 Å². The van der Waals surface area contributed by atoms with Crippen molar-refractivity contribution in [2.75, 3.05) is 27.2 Å². The predicted octanol–water partition coefficient (Wildman–Crippen LogP) is 2.03. The molecule has 0 saturated heterocycles. The van der Waals surface area contributed by atoms with Gasteiger partial charge in [0, 0.05) is 37.9 Å². The molecule has 1 aromatic heterocycles. The van der Waals surface area contributed by atoms with Gasteiger partial charge in [0.15, 0.2) is 0 Å². The van der Waals surface area contributed by atoms with Gasteiger partial charge in [-0.2, -0.15) is 5.10 Å². The van der Waals surface area contributed by atoms with Crippen molar-refractivity contribution in [2.45, 2.75) is 26.9 Å². The molecular weight excluding hydrogens is 271 g/mol. The van der Waals surface area contributed by atoms with Gasteiger partial charge in [0.1, 0.15) is 0 Å². The maximum atomic E-state index is 4.34. The molecule has 0 amide bonds. The first-order chi connectivity index (χ1) is 7.58. The highest BCUT2D eigenvalue weighted by molar-refractivity contribution is 5.85. The van der Waals surface area contributed by atoms with E-state index in [1.54, 1.807) is 0 Å². The topological polar surface area (TPSA) is 33.1 Å². The lowest BCUT2D eigenvalue weighted by Gasteiger charge is -2.09. The van der Waals surface area contributed by atoms with Gasteiger partial charge in [-0.1, -0.05) is 13.8 Å². The Kier molecular flexibility index (Phi) is 11.8. The fourth-order valence-electron chi connectivity index (χ4n) is 1.51. The van der Waals surface area contributed by atoms with Crippen LogP contribution in [0.4, 0.5) is 0 Å². The smallest absolute Gasteiger partial charge is 0.0534 e. The summed E-state index contributed by atoms with van der Waals surface area (Å²) in [7, 11) is 4.17. The average molecular weight is 297 g/mol. The van der Waals surface area contributed by atoms with Crippen LogP contribution in [0.15, 0.2) is 12.4 Å².